The third-order valence-corrected chi connectivity index (χ3v) is 3.53. The summed E-state index contributed by atoms with van der Waals surface area (Å²) in [6.07, 6.45) is 0. The SMILES string of the molecule is COC(=O)c1nc(-c2cc(OC)c3c(c2)OCO3)c(F)cc1Cl. The number of halogens is 2. The molecule has 2 heterocycles. The number of carbonyl (C=O) groups is 1. The van der Waals surface area contributed by atoms with Gasteiger partial charge in [-0.25, -0.2) is 14.2 Å². The number of carbonyl (C=O) groups excluding carboxylic acids is 1. The zero-order valence-electron chi connectivity index (χ0n) is 12.2. The van der Waals surface area contributed by atoms with Gasteiger partial charge in [-0.2, -0.15) is 0 Å². The van der Waals surface area contributed by atoms with Crippen LogP contribution in [0.3, 0.4) is 0 Å². The van der Waals surface area contributed by atoms with Crippen molar-refractivity contribution in [1.82, 2.24) is 4.98 Å². The van der Waals surface area contributed by atoms with Crippen LogP contribution < -0.4 is 14.2 Å². The predicted molar refractivity (Wildman–Crippen MR) is 78.7 cm³/mol. The number of hydrogen-bond acceptors (Lipinski definition) is 6. The standard InChI is InChI=1S/C15H11ClFNO5/c1-20-10-3-7(4-11-14(10)23-6-22-11)12-9(17)5-8(16)13(18-12)15(19)21-2/h3-5H,6H2,1-2H3. The highest BCUT2D eigenvalue weighted by Crippen LogP contribution is 2.44. The number of ether oxygens (including phenoxy) is 4. The largest absolute Gasteiger partial charge is 0.493 e. The number of benzene rings is 1. The molecule has 0 unspecified atom stereocenters. The number of methoxy groups -OCH3 is 2. The van der Waals surface area contributed by atoms with Crippen molar-refractivity contribution in [2.75, 3.05) is 21.0 Å². The lowest BCUT2D eigenvalue weighted by atomic mass is 10.1. The number of aromatic nitrogens is 1. The fourth-order valence-electron chi connectivity index (χ4n) is 2.18. The summed E-state index contributed by atoms with van der Waals surface area (Å²) in [7, 11) is 2.64. The van der Waals surface area contributed by atoms with E-state index >= 15 is 0 Å². The fourth-order valence-corrected chi connectivity index (χ4v) is 2.39. The first-order valence-electron chi connectivity index (χ1n) is 6.47. The zero-order valence-corrected chi connectivity index (χ0v) is 12.9. The van der Waals surface area contributed by atoms with Crippen LogP contribution in [0.15, 0.2) is 18.2 Å². The summed E-state index contributed by atoms with van der Waals surface area (Å²) in [6.45, 7) is 0.0408. The van der Waals surface area contributed by atoms with Crippen molar-refractivity contribution in [3.05, 3.63) is 34.7 Å². The number of pyridine rings is 1. The van der Waals surface area contributed by atoms with Crippen LogP contribution in [0, 0.1) is 5.82 Å². The molecular formula is C15H11ClFNO5. The minimum atomic E-state index is -0.760. The van der Waals surface area contributed by atoms with E-state index in [1.165, 1.54) is 20.3 Å². The van der Waals surface area contributed by atoms with Crippen molar-refractivity contribution in [1.29, 1.82) is 0 Å². The lowest BCUT2D eigenvalue weighted by molar-refractivity contribution is 0.0594. The van der Waals surface area contributed by atoms with Crippen molar-refractivity contribution in [3.63, 3.8) is 0 Å². The topological polar surface area (TPSA) is 66.9 Å². The summed E-state index contributed by atoms with van der Waals surface area (Å²) < 4.78 is 34.6. The van der Waals surface area contributed by atoms with E-state index in [9.17, 15) is 9.18 Å². The van der Waals surface area contributed by atoms with E-state index in [0.29, 0.717) is 22.8 Å². The van der Waals surface area contributed by atoms with Gasteiger partial charge < -0.3 is 18.9 Å². The predicted octanol–water partition coefficient (Wildman–Crippen LogP) is 3.07. The van der Waals surface area contributed by atoms with E-state index in [4.69, 9.17) is 25.8 Å². The number of rotatable bonds is 3. The Morgan fingerprint density at radius 2 is 2.09 bits per heavy atom. The molecule has 1 aliphatic heterocycles. The maximum Gasteiger partial charge on any atom is 0.358 e. The van der Waals surface area contributed by atoms with Crippen molar-refractivity contribution in [2.24, 2.45) is 0 Å². The Hall–Kier alpha value is -2.54. The van der Waals surface area contributed by atoms with Gasteiger partial charge in [-0.15, -0.1) is 0 Å². The molecule has 1 aromatic heterocycles. The first-order valence-corrected chi connectivity index (χ1v) is 6.85. The highest BCUT2D eigenvalue weighted by atomic mass is 35.5. The van der Waals surface area contributed by atoms with Crippen LogP contribution in [0.1, 0.15) is 10.5 Å². The van der Waals surface area contributed by atoms with Gasteiger partial charge in [0.2, 0.25) is 12.5 Å². The molecule has 0 aliphatic carbocycles. The Bertz CT molecular complexity index is 796. The fraction of sp³-hybridized carbons (Fsp3) is 0.200. The van der Waals surface area contributed by atoms with E-state index < -0.39 is 11.8 Å². The molecule has 23 heavy (non-hydrogen) atoms. The van der Waals surface area contributed by atoms with Crippen LogP contribution in [0.2, 0.25) is 5.02 Å². The van der Waals surface area contributed by atoms with E-state index in [1.54, 1.807) is 6.07 Å². The van der Waals surface area contributed by atoms with Crippen LogP contribution in [0.5, 0.6) is 17.2 Å². The summed E-state index contributed by atoms with van der Waals surface area (Å²) in [5, 5.41) is -0.134. The highest BCUT2D eigenvalue weighted by Gasteiger charge is 2.24. The Morgan fingerprint density at radius 1 is 1.30 bits per heavy atom. The van der Waals surface area contributed by atoms with E-state index in [-0.39, 0.29) is 23.2 Å². The monoisotopic (exact) mass is 339 g/mol. The number of hydrogen-bond donors (Lipinski definition) is 0. The summed E-state index contributed by atoms with van der Waals surface area (Å²) in [5.74, 6) is -0.257. The molecule has 6 nitrogen and oxygen atoms in total. The molecule has 1 aromatic carbocycles. The molecule has 0 radical (unpaired) electrons. The van der Waals surface area contributed by atoms with Gasteiger partial charge in [0.15, 0.2) is 23.0 Å². The molecule has 0 saturated carbocycles. The Labute approximate surface area is 135 Å². The van der Waals surface area contributed by atoms with Gasteiger partial charge in [-0.1, -0.05) is 11.6 Å². The smallest absolute Gasteiger partial charge is 0.358 e. The normalized spacial score (nSPS) is 12.2. The lowest BCUT2D eigenvalue weighted by Gasteiger charge is -2.10. The van der Waals surface area contributed by atoms with Crippen molar-refractivity contribution < 1.29 is 28.1 Å². The van der Waals surface area contributed by atoms with Crippen molar-refractivity contribution >= 4 is 17.6 Å². The first kappa shape index (κ1) is 15.4. The summed E-state index contributed by atoms with van der Waals surface area (Å²) >= 11 is 5.84. The second kappa shape index (κ2) is 5.92. The molecule has 0 amide bonds. The zero-order chi connectivity index (χ0) is 16.6. The van der Waals surface area contributed by atoms with E-state index in [2.05, 4.69) is 9.72 Å². The molecule has 0 saturated heterocycles. The lowest BCUT2D eigenvalue weighted by Crippen LogP contribution is -2.07. The molecule has 0 spiro atoms. The third-order valence-electron chi connectivity index (χ3n) is 3.24. The summed E-state index contributed by atoms with van der Waals surface area (Å²) in [4.78, 5) is 15.7. The highest BCUT2D eigenvalue weighted by molar-refractivity contribution is 6.33. The van der Waals surface area contributed by atoms with Gasteiger partial charge in [-0.05, 0) is 18.2 Å². The molecule has 2 aromatic rings. The van der Waals surface area contributed by atoms with Crippen LogP contribution in [-0.4, -0.2) is 32.0 Å². The van der Waals surface area contributed by atoms with Gasteiger partial charge in [0.25, 0.3) is 0 Å². The molecule has 0 atom stereocenters. The van der Waals surface area contributed by atoms with E-state index in [1.807, 2.05) is 0 Å². The van der Waals surface area contributed by atoms with Gasteiger partial charge >= 0.3 is 5.97 Å². The van der Waals surface area contributed by atoms with Crippen LogP contribution in [0.25, 0.3) is 11.3 Å². The molecule has 0 bridgehead atoms. The van der Waals surface area contributed by atoms with Crippen LogP contribution in [0.4, 0.5) is 4.39 Å². The van der Waals surface area contributed by atoms with Crippen LogP contribution >= 0.6 is 11.6 Å². The molecule has 8 heteroatoms. The third kappa shape index (κ3) is 2.63. The number of nitrogens with zero attached hydrogens (tertiary/aromatic N) is 1. The second-order valence-corrected chi connectivity index (χ2v) is 4.96. The molecule has 1 aliphatic rings. The maximum absolute atomic E-state index is 14.3. The molecule has 120 valence electrons. The Balaban J connectivity index is 2.17. The van der Waals surface area contributed by atoms with Gasteiger partial charge in [0.1, 0.15) is 5.69 Å². The minimum Gasteiger partial charge on any atom is -0.493 e. The van der Waals surface area contributed by atoms with Gasteiger partial charge in [-0.3, -0.25) is 0 Å². The molecule has 0 fully saturated rings. The van der Waals surface area contributed by atoms with Gasteiger partial charge in [0, 0.05) is 5.56 Å². The van der Waals surface area contributed by atoms with Crippen LogP contribution in [-0.2, 0) is 4.74 Å². The molecule has 3 rings (SSSR count). The second-order valence-electron chi connectivity index (χ2n) is 4.55. The average Bonchev–Trinajstić information content (AvgIpc) is 3.01. The summed E-state index contributed by atoms with van der Waals surface area (Å²) in [5.41, 5.74) is 0.0963. The minimum absolute atomic E-state index is 0.0408. The number of esters is 1. The van der Waals surface area contributed by atoms with Gasteiger partial charge in [0.05, 0.1) is 19.2 Å². The van der Waals surface area contributed by atoms with E-state index in [0.717, 1.165) is 6.07 Å². The summed E-state index contributed by atoms with van der Waals surface area (Å²) in [6, 6.07) is 4.09. The Morgan fingerprint density at radius 3 is 2.78 bits per heavy atom. The number of fused-ring (bicyclic) bond motifs is 1. The quantitative estimate of drug-likeness (QED) is 0.801. The van der Waals surface area contributed by atoms with Crippen molar-refractivity contribution in [3.8, 4) is 28.5 Å². The first-order chi connectivity index (χ1) is 11.0. The average molecular weight is 340 g/mol. The maximum atomic E-state index is 14.3. The molecular weight excluding hydrogens is 329 g/mol. The Kier molecular flexibility index (Phi) is 3.96. The van der Waals surface area contributed by atoms with Crippen molar-refractivity contribution in [2.45, 2.75) is 0 Å². The molecule has 0 N–H and O–H groups in total.